The molecule has 1 atom stereocenters. The molecule has 0 spiro atoms. The maximum absolute atomic E-state index is 13.4. The van der Waals surface area contributed by atoms with Gasteiger partial charge in [0.15, 0.2) is 11.6 Å². The highest BCUT2D eigenvalue weighted by Crippen LogP contribution is 2.22. The molecule has 0 aliphatic heterocycles. The normalized spacial score (nSPS) is 12.1. The van der Waals surface area contributed by atoms with Crippen LogP contribution in [0.4, 0.5) is 23.7 Å². The number of halogens is 3. The SMILES string of the molecule is CC(CCO)CNC(=O)Nc1ccc(OC(F)F)c(F)c1. The first-order valence-electron chi connectivity index (χ1n) is 6.32. The van der Waals surface area contributed by atoms with Crippen molar-refractivity contribution in [1.82, 2.24) is 5.32 Å². The maximum atomic E-state index is 13.4. The van der Waals surface area contributed by atoms with E-state index in [0.717, 1.165) is 12.1 Å². The third-order valence-electron chi connectivity index (χ3n) is 2.64. The Balaban J connectivity index is 2.51. The highest BCUT2D eigenvalue weighted by Gasteiger charge is 2.11. The van der Waals surface area contributed by atoms with Crippen molar-refractivity contribution in [1.29, 1.82) is 0 Å². The summed E-state index contributed by atoms with van der Waals surface area (Å²) in [6, 6.07) is 2.58. The summed E-state index contributed by atoms with van der Waals surface area (Å²) < 4.78 is 41.3. The Morgan fingerprint density at radius 1 is 1.43 bits per heavy atom. The zero-order chi connectivity index (χ0) is 15.8. The van der Waals surface area contributed by atoms with E-state index in [1.165, 1.54) is 6.07 Å². The Hall–Kier alpha value is -1.96. The predicted octanol–water partition coefficient (Wildman–Crippen LogP) is 2.57. The number of hydrogen-bond acceptors (Lipinski definition) is 3. The minimum absolute atomic E-state index is 0.0290. The molecule has 3 N–H and O–H groups in total. The van der Waals surface area contributed by atoms with Gasteiger partial charge in [-0.25, -0.2) is 9.18 Å². The third-order valence-corrected chi connectivity index (χ3v) is 2.64. The quantitative estimate of drug-likeness (QED) is 0.725. The number of carbonyl (C=O) groups excluding carboxylic acids is 1. The van der Waals surface area contributed by atoms with Crippen LogP contribution >= 0.6 is 0 Å². The number of hydrogen-bond donors (Lipinski definition) is 3. The molecular weight excluding hydrogens is 289 g/mol. The van der Waals surface area contributed by atoms with E-state index in [1.807, 2.05) is 6.92 Å². The number of alkyl halides is 2. The third kappa shape index (κ3) is 6.35. The van der Waals surface area contributed by atoms with Crippen LogP contribution in [0.3, 0.4) is 0 Å². The van der Waals surface area contributed by atoms with Crippen LogP contribution in [0, 0.1) is 11.7 Å². The molecule has 0 aliphatic rings. The van der Waals surface area contributed by atoms with Crippen LogP contribution in [0.5, 0.6) is 5.75 Å². The van der Waals surface area contributed by atoms with E-state index >= 15 is 0 Å². The number of aliphatic hydroxyl groups is 1. The van der Waals surface area contributed by atoms with Gasteiger partial charge in [-0.3, -0.25) is 0 Å². The van der Waals surface area contributed by atoms with E-state index in [-0.39, 0.29) is 18.2 Å². The molecular formula is C13H17F3N2O3. The first-order chi connectivity index (χ1) is 9.92. The topological polar surface area (TPSA) is 70.6 Å². The molecule has 118 valence electrons. The van der Waals surface area contributed by atoms with Gasteiger partial charge < -0.3 is 20.5 Å². The largest absolute Gasteiger partial charge is 0.432 e. The Kier molecular flexibility index (Phi) is 6.80. The number of anilines is 1. The fourth-order valence-electron chi connectivity index (χ4n) is 1.53. The van der Waals surface area contributed by atoms with Crippen molar-refractivity contribution in [3.8, 4) is 5.75 Å². The van der Waals surface area contributed by atoms with Gasteiger partial charge in [-0.2, -0.15) is 8.78 Å². The minimum Gasteiger partial charge on any atom is -0.432 e. The molecule has 1 aromatic rings. The average molecular weight is 306 g/mol. The smallest absolute Gasteiger partial charge is 0.387 e. The second-order valence-electron chi connectivity index (χ2n) is 4.48. The number of rotatable bonds is 7. The molecule has 5 nitrogen and oxygen atoms in total. The maximum Gasteiger partial charge on any atom is 0.387 e. The summed E-state index contributed by atoms with van der Waals surface area (Å²) in [7, 11) is 0. The Bertz CT molecular complexity index is 472. The lowest BCUT2D eigenvalue weighted by Gasteiger charge is -2.12. The van der Waals surface area contributed by atoms with E-state index in [0.29, 0.717) is 13.0 Å². The van der Waals surface area contributed by atoms with Crippen molar-refractivity contribution in [2.24, 2.45) is 5.92 Å². The predicted molar refractivity (Wildman–Crippen MR) is 70.9 cm³/mol. The number of aliphatic hydroxyl groups excluding tert-OH is 1. The fraction of sp³-hybridized carbons (Fsp3) is 0.462. The van der Waals surface area contributed by atoms with Crippen LogP contribution in [-0.4, -0.2) is 30.9 Å². The number of urea groups is 1. The van der Waals surface area contributed by atoms with E-state index < -0.39 is 24.2 Å². The lowest BCUT2D eigenvalue weighted by Crippen LogP contribution is -2.32. The molecule has 1 aromatic carbocycles. The molecule has 21 heavy (non-hydrogen) atoms. The Labute approximate surface area is 120 Å². The van der Waals surface area contributed by atoms with E-state index in [9.17, 15) is 18.0 Å². The van der Waals surface area contributed by atoms with E-state index in [4.69, 9.17) is 5.11 Å². The molecule has 0 fully saturated rings. The summed E-state index contributed by atoms with van der Waals surface area (Å²) in [6.45, 7) is -0.885. The molecule has 0 aromatic heterocycles. The Morgan fingerprint density at radius 3 is 2.71 bits per heavy atom. The van der Waals surface area contributed by atoms with Crippen LogP contribution < -0.4 is 15.4 Å². The standard InChI is InChI=1S/C13H17F3N2O3/c1-8(4-5-19)7-17-13(20)18-9-2-3-11(10(14)6-9)21-12(15)16/h2-3,6,8,12,19H,4-5,7H2,1H3,(H2,17,18,20). The van der Waals surface area contributed by atoms with Crippen molar-refractivity contribution in [3.05, 3.63) is 24.0 Å². The van der Waals surface area contributed by atoms with Crippen molar-refractivity contribution in [3.63, 3.8) is 0 Å². The molecule has 1 unspecified atom stereocenters. The average Bonchev–Trinajstić information content (AvgIpc) is 2.39. The molecule has 0 saturated carbocycles. The zero-order valence-corrected chi connectivity index (χ0v) is 11.4. The number of ether oxygens (including phenoxy) is 1. The number of benzene rings is 1. The second kappa shape index (κ2) is 8.35. The monoisotopic (exact) mass is 306 g/mol. The first-order valence-corrected chi connectivity index (χ1v) is 6.32. The lowest BCUT2D eigenvalue weighted by molar-refractivity contribution is -0.0521. The van der Waals surface area contributed by atoms with Crippen LogP contribution in [0.2, 0.25) is 0 Å². The second-order valence-corrected chi connectivity index (χ2v) is 4.48. The van der Waals surface area contributed by atoms with Crippen LogP contribution in [0.1, 0.15) is 13.3 Å². The summed E-state index contributed by atoms with van der Waals surface area (Å²) in [5.41, 5.74) is 0.112. The van der Waals surface area contributed by atoms with Crippen LogP contribution in [-0.2, 0) is 0 Å². The van der Waals surface area contributed by atoms with Gasteiger partial charge in [0, 0.05) is 24.9 Å². The fourth-order valence-corrected chi connectivity index (χ4v) is 1.53. The molecule has 1 rings (SSSR count). The molecule has 0 aliphatic carbocycles. The van der Waals surface area contributed by atoms with Crippen molar-refractivity contribution in [2.75, 3.05) is 18.5 Å². The summed E-state index contributed by atoms with van der Waals surface area (Å²) in [4.78, 5) is 11.5. The van der Waals surface area contributed by atoms with Gasteiger partial charge in [0.05, 0.1) is 0 Å². The number of amides is 2. The molecule has 0 saturated heterocycles. The van der Waals surface area contributed by atoms with Gasteiger partial charge in [-0.1, -0.05) is 6.92 Å². The molecule has 0 heterocycles. The Morgan fingerprint density at radius 2 is 2.14 bits per heavy atom. The van der Waals surface area contributed by atoms with Gasteiger partial charge in [0.25, 0.3) is 0 Å². The van der Waals surface area contributed by atoms with E-state index in [2.05, 4.69) is 15.4 Å². The van der Waals surface area contributed by atoms with E-state index in [1.54, 1.807) is 0 Å². The van der Waals surface area contributed by atoms with Gasteiger partial charge in [0.1, 0.15) is 0 Å². The zero-order valence-electron chi connectivity index (χ0n) is 11.4. The van der Waals surface area contributed by atoms with Crippen LogP contribution in [0.25, 0.3) is 0 Å². The highest BCUT2D eigenvalue weighted by atomic mass is 19.3. The minimum atomic E-state index is -3.12. The van der Waals surface area contributed by atoms with Crippen molar-refractivity contribution >= 4 is 11.7 Å². The summed E-state index contributed by atoms with van der Waals surface area (Å²) >= 11 is 0. The van der Waals surface area contributed by atoms with Crippen molar-refractivity contribution < 1.29 is 27.8 Å². The molecule has 0 radical (unpaired) electrons. The van der Waals surface area contributed by atoms with Crippen LogP contribution in [0.15, 0.2) is 18.2 Å². The number of nitrogens with one attached hydrogen (secondary N) is 2. The first kappa shape index (κ1) is 17.1. The molecule has 0 bridgehead atoms. The lowest BCUT2D eigenvalue weighted by atomic mass is 10.1. The van der Waals surface area contributed by atoms with Crippen molar-refractivity contribution in [2.45, 2.75) is 20.0 Å². The summed E-state index contributed by atoms with van der Waals surface area (Å²) in [6.07, 6.45) is 0.550. The number of carbonyl (C=O) groups is 1. The van der Waals surface area contributed by atoms with Gasteiger partial charge in [-0.05, 0) is 24.5 Å². The molecule has 2 amide bonds. The van der Waals surface area contributed by atoms with Gasteiger partial charge in [0.2, 0.25) is 0 Å². The highest BCUT2D eigenvalue weighted by molar-refractivity contribution is 5.89. The summed E-state index contributed by atoms with van der Waals surface area (Å²) in [5.74, 6) is -1.49. The molecule has 8 heteroatoms. The van der Waals surface area contributed by atoms with Gasteiger partial charge in [-0.15, -0.1) is 0 Å². The summed E-state index contributed by atoms with van der Waals surface area (Å²) in [5, 5.41) is 13.6. The van der Waals surface area contributed by atoms with Gasteiger partial charge >= 0.3 is 12.6 Å².